The fourth-order valence-corrected chi connectivity index (χ4v) is 4.46. The van der Waals surface area contributed by atoms with Crippen LogP contribution in [0.4, 0.5) is 26.2 Å². The van der Waals surface area contributed by atoms with E-state index in [1.807, 2.05) is 13.8 Å². The summed E-state index contributed by atoms with van der Waals surface area (Å²) in [4.78, 5) is 17.3. The minimum atomic E-state index is -0.546. The number of benzene rings is 1. The molecule has 0 atom stereocenters. The minimum Gasteiger partial charge on any atom is -0.486 e. The molecule has 1 aromatic carbocycles. The van der Waals surface area contributed by atoms with Crippen molar-refractivity contribution in [2.45, 2.75) is 26.4 Å². The van der Waals surface area contributed by atoms with E-state index < -0.39 is 11.6 Å². The molecule has 3 aromatic rings. The van der Waals surface area contributed by atoms with E-state index in [4.69, 9.17) is 4.74 Å². The van der Waals surface area contributed by atoms with E-state index >= 15 is 0 Å². The van der Waals surface area contributed by atoms with E-state index in [2.05, 4.69) is 35.4 Å². The SMILES string of the molecule is CC(C)N1CCOc2c(F)cc(-c3cc(Nc4ncc(CN5CCNCC5)cn4)ncc3F)cc21. The smallest absolute Gasteiger partial charge is 0.228 e. The van der Waals surface area contributed by atoms with Crippen molar-refractivity contribution < 1.29 is 13.5 Å². The van der Waals surface area contributed by atoms with Gasteiger partial charge in [0.05, 0.1) is 18.4 Å². The van der Waals surface area contributed by atoms with Gasteiger partial charge in [-0.25, -0.2) is 23.7 Å². The Labute approximate surface area is 203 Å². The van der Waals surface area contributed by atoms with Crippen molar-refractivity contribution in [3.05, 3.63) is 54.0 Å². The first kappa shape index (κ1) is 23.4. The van der Waals surface area contributed by atoms with E-state index in [0.29, 0.717) is 36.2 Å². The Morgan fingerprint density at radius 2 is 1.77 bits per heavy atom. The molecule has 184 valence electrons. The van der Waals surface area contributed by atoms with E-state index in [-0.39, 0.29) is 17.4 Å². The molecule has 2 aromatic heterocycles. The molecule has 0 radical (unpaired) electrons. The molecular formula is C25H29F2N7O. The first-order valence-electron chi connectivity index (χ1n) is 11.9. The Bertz CT molecular complexity index is 1180. The van der Waals surface area contributed by atoms with E-state index in [9.17, 15) is 8.78 Å². The number of anilines is 3. The number of hydrogen-bond acceptors (Lipinski definition) is 8. The quantitative estimate of drug-likeness (QED) is 0.553. The molecule has 2 aliphatic heterocycles. The van der Waals surface area contributed by atoms with Crippen molar-refractivity contribution in [3.8, 4) is 16.9 Å². The molecule has 2 aliphatic rings. The third kappa shape index (κ3) is 5.18. The van der Waals surface area contributed by atoms with Crippen molar-refractivity contribution in [2.24, 2.45) is 0 Å². The number of nitrogens with zero attached hydrogens (tertiary/aromatic N) is 5. The van der Waals surface area contributed by atoms with Gasteiger partial charge in [-0.2, -0.15) is 0 Å². The van der Waals surface area contributed by atoms with Crippen molar-refractivity contribution in [1.82, 2.24) is 25.2 Å². The topological polar surface area (TPSA) is 78.4 Å². The number of ether oxygens (including phenoxy) is 1. The number of halogens is 2. The number of pyridine rings is 1. The Morgan fingerprint density at radius 1 is 1.00 bits per heavy atom. The Morgan fingerprint density at radius 3 is 2.51 bits per heavy atom. The fourth-order valence-electron chi connectivity index (χ4n) is 4.46. The van der Waals surface area contributed by atoms with Gasteiger partial charge in [0.15, 0.2) is 11.6 Å². The molecule has 0 amide bonds. The molecule has 0 aliphatic carbocycles. The van der Waals surface area contributed by atoms with Crippen molar-refractivity contribution in [3.63, 3.8) is 0 Å². The minimum absolute atomic E-state index is 0.151. The van der Waals surface area contributed by atoms with Crippen LogP contribution in [0.2, 0.25) is 0 Å². The van der Waals surface area contributed by atoms with Gasteiger partial charge in [0.25, 0.3) is 0 Å². The van der Waals surface area contributed by atoms with Crippen LogP contribution in [-0.2, 0) is 6.54 Å². The highest BCUT2D eigenvalue weighted by Gasteiger charge is 2.25. The zero-order valence-corrected chi connectivity index (χ0v) is 19.9. The maximum absolute atomic E-state index is 14.9. The van der Waals surface area contributed by atoms with Gasteiger partial charge in [0, 0.05) is 62.3 Å². The predicted molar refractivity (Wildman–Crippen MR) is 131 cm³/mol. The third-order valence-corrected chi connectivity index (χ3v) is 6.26. The van der Waals surface area contributed by atoms with Crippen LogP contribution in [0.15, 0.2) is 36.8 Å². The van der Waals surface area contributed by atoms with Crippen LogP contribution >= 0.6 is 0 Å². The van der Waals surface area contributed by atoms with Gasteiger partial charge in [-0.15, -0.1) is 0 Å². The molecule has 0 unspecified atom stereocenters. The first-order chi connectivity index (χ1) is 17.0. The zero-order chi connectivity index (χ0) is 24.4. The summed E-state index contributed by atoms with van der Waals surface area (Å²) >= 11 is 0. The number of hydrogen-bond donors (Lipinski definition) is 2. The maximum atomic E-state index is 14.9. The van der Waals surface area contributed by atoms with Gasteiger partial charge >= 0.3 is 0 Å². The molecular weight excluding hydrogens is 452 g/mol. The molecule has 0 bridgehead atoms. The Hall–Kier alpha value is -3.37. The van der Waals surface area contributed by atoms with Gasteiger partial charge in [0.2, 0.25) is 5.95 Å². The lowest BCUT2D eigenvalue weighted by Gasteiger charge is -2.35. The molecule has 8 nitrogen and oxygen atoms in total. The van der Waals surface area contributed by atoms with Gasteiger partial charge in [-0.05, 0) is 37.6 Å². The zero-order valence-electron chi connectivity index (χ0n) is 19.9. The summed E-state index contributed by atoms with van der Waals surface area (Å²) in [6.45, 7) is 9.86. The largest absolute Gasteiger partial charge is 0.486 e. The maximum Gasteiger partial charge on any atom is 0.228 e. The number of piperazine rings is 1. The molecule has 35 heavy (non-hydrogen) atoms. The lowest BCUT2D eigenvalue weighted by molar-refractivity contribution is 0.233. The normalized spacial score (nSPS) is 16.2. The highest BCUT2D eigenvalue weighted by atomic mass is 19.1. The Kier molecular flexibility index (Phi) is 6.74. The van der Waals surface area contributed by atoms with E-state index in [1.165, 1.54) is 12.1 Å². The fraction of sp³-hybridized carbons (Fsp3) is 0.400. The summed E-state index contributed by atoms with van der Waals surface area (Å²) in [6, 6.07) is 4.75. The number of nitrogens with one attached hydrogen (secondary N) is 2. The van der Waals surface area contributed by atoms with Crippen LogP contribution in [0.25, 0.3) is 11.1 Å². The van der Waals surface area contributed by atoms with Crippen LogP contribution < -0.4 is 20.3 Å². The average Bonchev–Trinajstić information content (AvgIpc) is 2.86. The summed E-state index contributed by atoms with van der Waals surface area (Å²) in [7, 11) is 0. The van der Waals surface area contributed by atoms with E-state index in [0.717, 1.165) is 44.5 Å². The second-order valence-corrected chi connectivity index (χ2v) is 9.06. The summed E-state index contributed by atoms with van der Waals surface area (Å²) in [5.74, 6) is -0.135. The molecule has 1 saturated heterocycles. The van der Waals surface area contributed by atoms with Crippen molar-refractivity contribution in [1.29, 1.82) is 0 Å². The van der Waals surface area contributed by atoms with Gasteiger partial charge in [-0.1, -0.05) is 0 Å². The average molecular weight is 482 g/mol. The van der Waals surface area contributed by atoms with Crippen LogP contribution in [0.3, 0.4) is 0 Å². The summed E-state index contributed by atoms with van der Waals surface area (Å²) in [5.41, 5.74) is 2.28. The third-order valence-electron chi connectivity index (χ3n) is 6.26. The molecule has 1 fully saturated rings. The summed E-state index contributed by atoms with van der Waals surface area (Å²) < 4.78 is 35.3. The molecule has 0 saturated carbocycles. The molecule has 4 heterocycles. The first-order valence-corrected chi connectivity index (χ1v) is 11.9. The van der Waals surface area contributed by atoms with Crippen molar-refractivity contribution >= 4 is 17.5 Å². The van der Waals surface area contributed by atoms with Gasteiger partial charge in [0.1, 0.15) is 18.2 Å². The van der Waals surface area contributed by atoms with Crippen molar-refractivity contribution in [2.75, 3.05) is 49.5 Å². The monoisotopic (exact) mass is 481 g/mol. The molecule has 5 rings (SSSR count). The summed E-state index contributed by atoms with van der Waals surface area (Å²) in [6.07, 6.45) is 4.67. The predicted octanol–water partition coefficient (Wildman–Crippen LogP) is 3.57. The van der Waals surface area contributed by atoms with Gasteiger partial charge in [-0.3, -0.25) is 4.90 Å². The lowest BCUT2D eigenvalue weighted by Crippen LogP contribution is -2.42. The highest BCUT2D eigenvalue weighted by molar-refractivity contribution is 5.75. The molecule has 10 heteroatoms. The highest BCUT2D eigenvalue weighted by Crippen LogP contribution is 2.40. The molecule has 2 N–H and O–H groups in total. The number of rotatable bonds is 6. The van der Waals surface area contributed by atoms with Crippen LogP contribution in [0, 0.1) is 11.6 Å². The van der Waals surface area contributed by atoms with Crippen LogP contribution in [-0.4, -0.2) is 65.2 Å². The number of fused-ring (bicyclic) bond motifs is 1. The Balaban J connectivity index is 1.37. The van der Waals surface area contributed by atoms with Crippen LogP contribution in [0.5, 0.6) is 5.75 Å². The van der Waals surface area contributed by atoms with Crippen LogP contribution in [0.1, 0.15) is 19.4 Å². The number of aromatic nitrogens is 3. The molecule has 0 spiro atoms. The van der Waals surface area contributed by atoms with E-state index in [1.54, 1.807) is 18.5 Å². The van der Waals surface area contributed by atoms with Gasteiger partial charge < -0.3 is 20.3 Å². The second kappa shape index (κ2) is 10.1. The lowest BCUT2D eigenvalue weighted by atomic mass is 10.0. The second-order valence-electron chi connectivity index (χ2n) is 9.06. The standard InChI is InChI=1S/C25H29F2N7O/c1-16(2)34-7-8-35-24-20(26)9-18(10-22(24)34)19-11-23(29-14-21(19)27)32-25-30-12-17(13-31-25)15-33-5-3-28-4-6-33/h9-14,16,28H,3-8,15H2,1-2H3,(H,29,30,31,32). The summed E-state index contributed by atoms with van der Waals surface area (Å²) in [5, 5.41) is 6.36.